The van der Waals surface area contributed by atoms with Crippen LogP contribution in [-0.4, -0.2) is 28.6 Å². The monoisotopic (exact) mass is 234 g/mol. The van der Waals surface area contributed by atoms with Gasteiger partial charge in [-0.3, -0.25) is 0 Å². The van der Waals surface area contributed by atoms with Crippen molar-refractivity contribution in [3.8, 4) is 0 Å². The van der Waals surface area contributed by atoms with E-state index in [1.54, 1.807) is 6.20 Å². The minimum atomic E-state index is -0.750. The lowest BCUT2D eigenvalue weighted by atomic mass is 9.91. The topological polar surface area (TPSA) is 53.4 Å². The second-order valence-corrected chi connectivity index (χ2v) is 4.79. The van der Waals surface area contributed by atoms with Crippen LogP contribution in [0.5, 0.6) is 0 Å². The van der Waals surface area contributed by atoms with Crippen LogP contribution in [0.2, 0.25) is 0 Å². The maximum absolute atomic E-state index is 11.3. The second-order valence-electron chi connectivity index (χ2n) is 4.79. The first-order chi connectivity index (χ1) is 8.09. The van der Waals surface area contributed by atoms with Gasteiger partial charge in [0.25, 0.3) is 0 Å². The molecule has 92 valence electrons. The lowest BCUT2D eigenvalue weighted by Gasteiger charge is -2.38. The maximum Gasteiger partial charge on any atom is 0.326 e. The number of aromatic nitrogens is 1. The van der Waals surface area contributed by atoms with Gasteiger partial charge in [0.2, 0.25) is 0 Å². The van der Waals surface area contributed by atoms with Crippen molar-refractivity contribution in [2.24, 2.45) is 5.92 Å². The van der Waals surface area contributed by atoms with Crippen molar-refractivity contribution in [3.05, 3.63) is 23.9 Å². The zero-order chi connectivity index (χ0) is 12.4. The van der Waals surface area contributed by atoms with E-state index in [9.17, 15) is 9.90 Å². The van der Waals surface area contributed by atoms with E-state index in [0.29, 0.717) is 0 Å². The Hall–Kier alpha value is -1.58. The standard InChI is InChI=1S/C13H18N2O2/c1-9-5-6-11(14-8-9)15-7-3-4-10(2)12(15)13(16)17/h5-6,8,10,12H,3-4,7H2,1-2H3,(H,16,17). The summed E-state index contributed by atoms with van der Waals surface area (Å²) >= 11 is 0. The third-order valence-electron chi connectivity index (χ3n) is 3.38. The summed E-state index contributed by atoms with van der Waals surface area (Å²) in [4.78, 5) is 17.6. The van der Waals surface area contributed by atoms with Gasteiger partial charge >= 0.3 is 5.97 Å². The van der Waals surface area contributed by atoms with Gasteiger partial charge < -0.3 is 10.0 Å². The molecule has 0 bridgehead atoms. The van der Waals surface area contributed by atoms with E-state index < -0.39 is 12.0 Å². The fourth-order valence-corrected chi connectivity index (χ4v) is 2.45. The summed E-state index contributed by atoms with van der Waals surface area (Å²) in [6.07, 6.45) is 3.79. The molecule has 0 amide bonds. The summed E-state index contributed by atoms with van der Waals surface area (Å²) in [5.74, 6) is 0.193. The smallest absolute Gasteiger partial charge is 0.326 e. The van der Waals surface area contributed by atoms with Gasteiger partial charge in [-0.15, -0.1) is 0 Å². The molecule has 1 fully saturated rings. The number of pyridine rings is 1. The summed E-state index contributed by atoms with van der Waals surface area (Å²) < 4.78 is 0. The van der Waals surface area contributed by atoms with Crippen molar-refractivity contribution in [2.45, 2.75) is 32.7 Å². The van der Waals surface area contributed by atoms with E-state index in [-0.39, 0.29) is 5.92 Å². The molecule has 2 rings (SSSR count). The Labute approximate surface area is 101 Å². The van der Waals surface area contributed by atoms with Crippen molar-refractivity contribution in [1.82, 2.24) is 4.98 Å². The van der Waals surface area contributed by atoms with Gasteiger partial charge in [0, 0.05) is 12.7 Å². The first kappa shape index (κ1) is 11.9. The molecule has 1 aromatic heterocycles. The SMILES string of the molecule is Cc1ccc(N2CCCC(C)C2C(=O)O)nc1. The number of carbonyl (C=O) groups is 1. The fraction of sp³-hybridized carbons (Fsp3) is 0.538. The van der Waals surface area contributed by atoms with E-state index in [1.807, 2.05) is 30.9 Å². The van der Waals surface area contributed by atoms with Crippen LogP contribution in [0.25, 0.3) is 0 Å². The van der Waals surface area contributed by atoms with E-state index in [2.05, 4.69) is 4.98 Å². The normalized spacial score (nSPS) is 24.7. The predicted molar refractivity (Wildman–Crippen MR) is 66.1 cm³/mol. The molecule has 0 saturated carbocycles. The zero-order valence-corrected chi connectivity index (χ0v) is 10.3. The average Bonchev–Trinajstić information content (AvgIpc) is 2.29. The van der Waals surface area contributed by atoms with Crippen LogP contribution in [-0.2, 0) is 4.79 Å². The highest BCUT2D eigenvalue weighted by Gasteiger charge is 2.34. The maximum atomic E-state index is 11.3. The fourth-order valence-electron chi connectivity index (χ4n) is 2.45. The summed E-state index contributed by atoms with van der Waals surface area (Å²) in [6, 6.07) is 3.43. The summed E-state index contributed by atoms with van der Waals surface area (Å²) in [7, 11) is 0. The highest BCUT2D eigenvalue weighted by molar-refractivity contribution is 5.78. The number of carboxylic acid groups (broad SMARTS) is 1. The van der Waals surface area contributed by atoms with Crippen LogP contribution in [0.1, 0.15) is 25.3 Å². The molecule has 2 atom stereocenters. The van der Waals surface area contributed by atoms with E-state index in [1.165, 1.54) is 0 Å². The molecule has 17 heavy (non-hydrogen) atoms. The van der Waals surface area contributed by atoms with Crippen molar-refractivity contribution in [1.29, 1.82) is 0 Å². The second kappa shape index (κ2) is 4.73. The van der Waals surface area contributed by atoms with Crippen LogP contribution < -0.4 is 4.90 Å². The number of aliphatic carboxylic acids is 1. The van der Waals surface area contributed by atoms with Gasteiger partial charge in [0.05, 0.1) is 0 Å². The number of nitrogens with zero attached hydrogens (tertiary/aromatic N) is 2. The molecule has 0 aliphatic carbocycles. The van der Waals surface area contributed by atoms with Crippen LogP contribution in [0.15, 0.2) is 18.3 Å². The molecule has 2 heterocycles. The zero-order valence-electron chi connectivity index (χ0n) is 10.3. The molecule has 1 aliphatic rings. The number of rotatable bonds is 2. The molecule has 0 aromatic carbocycles. The quantitative estimate of drug-likeness (QED) is 0.851. The molecule has 0 radical (unpaired) electrons. The van der Waals surface area contributed by atoms with Crippen molar-refractivity contribution < 1.29 is 9.90 Å². The highest BCUT2D eigenvalue weighted by Crippen LogP contribution is 2.27. The Bertz CT molecular complexity index is 402. The van der Waals surface area contributed by atoms with Crippen LogP contribution in [0, 0.1) is 12.8 Å². The number of hydrogen-bond acceptors (Lipinski definition) is 3. The van der Waals surface area contributed by atoms with Crippen molar-refractivity contribution in [2.75, 3.05) is 11.4 Å². The molecule has 1 aromatic rings. The number of hydrogen-bond donors (Lipinski definition) is 1. The summed E-state index contributed by atoms with van der Waals surface area (Å²) in [5, 5.41) is 9.33. The predicted octanol–water partition coefficient (Wildman–Crippen LogP) is 2.08. The Morgan fingerprint density at radius 2 is 2.29 bits per heavy atom. The largest absolute Gasteiger partial charge is 0.480 e. The minimum absolute atomic E-state index is 0.171. The Kier molecular flexibility index (Phi) is 3.31. The molecule has 1 aliphatic heterocycles. The van der Waals surface area contributed by atoms with E-state index >= 15 is 0 Å². The molecule has 4 nitrogen and oxygen atoms in total. The van der Waals surface area contributed by atoms with Crippen LogP contribution in [0.3, 0.4) is 0 Å². The number of anilines is 1. The Morgan fingerprint density at radius 3 is 2.88 bits per heavy atom. The third kappa shape index (κ3) is 2.40. The molecule has 1 N–H and O–H groups in total. The summed E-state index contributed by atoms with van der Waals surface area (Å²) in [6.45, 7) is 4.75. The number of aryl methyl sites for hydroxylation is 1. The van der Waals surface area contributed by atoms with Crippen molar-refractivity contribution in [3.63, 3.8) is 0 Å². The minimum Gasteiger partial charge on any atom is -0.480 e. The van der Waals surface area contributed by atoms with Crippen LogP contribution in [0.4, 0.5) is 5.82 Å². The van der Waals surface area contributed by atoms with Gasteiger partial charge in [-0.05, 0) is 37.3 Å². The molecule has 4 heteroatoms. The van der Waals surface area contributed by atoms with Gasteiger partial charge in [-0.1, -0.05) is 13.0 Å². The van der Waals surface area contributed by atoms with Gasteiger partial charge in [-0.25, -0.2) is 9.78 Å². The number of piperidine rings is 1. The number of carboxylic acids is 1. The van der Waals surface area contributed by atoms with Crippen LogP contribution >= 0.6 is 0 Å². The first-order valence-electron chi connectivity index (χ1n) is 6.01. The van der Waals surface area contributed by atoms with E-state index in [0.717, 1.165) is 30.8 Å². The first-order valence-corrected chi connectivity index (χ1v) is 6.01. The lowest BCUT2D eigenvalue weighted by molar-refractivity contribution is -0.140. The molecular weight excluding hydrogens is 216 g/mol. The Morgan fingerprint density at radius 1 is 1.53 bits per heavy atom. The average molecular weight is 234 g/mol. The van der Waals surface area contributed by atoms with Gasteiger partial charge in [-0.2, -0.15) is 0 Å². The lowest BCUT2D eigenvalue weighted by Crippen LogP contribution is -2.49. The highest BCUT2D eigenvalue weighted by atomic mass is 16.4. The van der Waals surface area contributed by atoms with Gasteiger partial charge in [0.1, 0.15) is 11.9 Å². The molecule has 1 saturated heterocycles. The molecule has 2 unspecified atom stereocenters. The van der Waals surface area contributed by atoms with Gasteiger partial charge in [0.15, 0.2) is 0 Å². The molecular formula is C13H18N2O2. The summed E-state index contributed by atoms with van der Waals surface area (Å²) in [5.41, 5.74) is 1.09. The molecule has 0 spiro atoms. The Balaban J connectivity index is 2.28. The third-order valence-corrected chi connectivity index (χ3v) is 3.38. The van der Waals surface area contributed by atoms with Crippen molar-refractivity contribution >= 4 is 11.8 Å². The van der Waals surface area contributed by atoms with E-state index in [4.69, 9.17) is 0 Å².